The van der Waals surface area contributed by atoms with Gasteiger partial charge in [0.2, 0.25) is 5.91 Å². The summed E-state index contributed by atoms with van der Waals surface area (Å²) in [4.78, 5) is 38.5. The number of rotatable bonds is 4. The van der Waals surface area contributed by atoms with E-state index in [0.29, 0.717) is 32.4 Å². The van der Waals surface area contributed by atoms with Gasteiger partial charge in [0.05, 0.1) is 12.3 Å². The molecule has 1 aromatic rings. The molecule has 1 saturated carbocycles. The minimum absolute atomic E-state index is 0.0346. The lowest BCUT2D eigenvalue weighted by Gasteiger charge is -2.32. The number of likely N-dealkylation sites (tertiary alicyclic amines) is 1. The third kappa shape index (κ3) is 4.68. The number of piperidine rings is 1. The normalized spacial score (nSPS) is 24.0. The maximum Gasteiger partial charge on any atom is 0.311 e. The Labute approximate surface area is 148 Å². The summed E-state index contributed by atoms with van der Waals surface area (Å²) in [5.41, 5.74) is 0.977. The summed E-state index contributed by atoms with van der Waals surface area (Å²) in [7, 11) is 0. The van der Waals surface area contributed by atoms with Crippen molar-refractivity contribution in [2.45, 2.75) is 51.0 Å². The van der Waals surface area contributed by atoms with Crippen molar-refractivity contribution in [3.8, 4) is 0 Å². The topological polar surface area (TPSA) is 63.7 Å². The molecule has 2 fully saturated rings. The predicted octanol–water partition coefficient (Wildman–Crippen LogP) is 2.52. The molecule has 0 bridgehead atoms. The van der Waals surface area contributed by atoms with E-state index in [9.17, 15) is 14.4 Å². The lowest BCUT2D eigenvalue weighted by molar-refractivity contribution is -0.162. The average molecular weight is 343 g/mol. The minimum Gasteiger partial charge on any atom is -0.454 e. The highest BCUT2D eigenvalue weighted by Crippen LogP contribution is 2.23. The van der Waals surface area contributed by atoms with Gasteiger partial charge in [0.15, 0.2) is 11.9 Å². The molecule has 1 aliphatic heterocycles. The molecule has 0 spiro atoms. The first-order chi connectivity index (χ1) is 12.1. The van der Waals surface area contributed by atoms with Crippen LogP contribution in [0.25, 0.3) is 0 Å². The lowest BCUT2D eigenvalue weighted by Crippen LogP contribution is -2.44. The highest BCUT2D eigenvalue weighted by atomic mass is 16.5. The van der Waals surface area contributed by atoms with Gasteiger partial charge in [-0.1, -0.05) is 30.3 Å². The van der Waals surface area contributed by atoms with Gasteiger partial charge in [-0.15, -0.1) is 0 Å². The van der Waals surface area contributed by atoms with Crippen LogP contribution in [0, 0.1) is 5.92 Å². The van der Waals surface area contributed by atoms with Gasteiger partial charge in [-0.05, 0) is 37.7 Å². The fourth-order valence-corrected chi connectivity index (χ4v) is 3.59. The lowest BCUT2D eigenvalue weighted by atomic mass is 9.95. The average Bonchev–Trinajstić information content (AvgIpc) is 2.64. The molecule has 0 N–H and O–H groups in total. The largest absolute Gasteiger partial charge is 0.454 e. The molecule has 1 aliphatic carbocycles. The second-order valence-corrected chi connectivity index (χ2v) is 6.98. The van der Waals surface area contributed by atoms with Crippen LogP contribution in [0.3, 0.4) is 0 Å². The zero-order valence-corrected chi connectivity index (χ0v) is 14.5. The van der Waals surface area contributed by atoms with Crippen molar-refractivity contribution in [1.29, 1.82) is 0 Å². The van der Waals surface area contributed by atoms with E-state index in [1.165, 1.54) is 0 Å². The Morgan fingerprint density at radius 3 is 2.64 bits per heavy atom. The zero-order chi connectivity index (χ0) is 17.6. The second kappa shape index (κ2) is 8.28. The predicted molar refractivity (Wildman–Crippen MR) is 92.8 cm³/mol. The van der Waals surface area contributed by atoms with Gasteiger partial charge >= 0.3 is 5.97 Å². The Kier molecular flexibility index (Phi) is 5.84. The summed E-state index contributed by atoms with van der Waals surface area (Å²) in [6, 6.07) is 9.62. The Balaban J connectivity index is 1.54. The molecule has 2 unspecified atom stereocenters. The number of Topliss-reactive ketones (excluding diaryl/α,β-unsaturated/α-hetero) is 1. The fraction of sp³-hybridized carbons (Fsp3) is 0.550. The summed E-state index contributed by atoms with van der Waals surface area (Å²) < 4.78 is 5.46. The van der Waals surface area contributed by atoms with E-state index in [4.69, 9.17) is 4.74 Å². The molecule has 25 heavy (non-hydrogen) atoms. The van der Waals surface area contributed by atoms with Crippen LogP contribution in [0.4, 0.5) is 0 Å². The Bertz CT molecular complexity index is 628. The van der Waals surface area contributed by atoms with Gasteiger partial charge in [0.25, 0.3) is 0 Å². The Morgan fingerprint density at radius 2 is 1.88 bits per heavy atom. The number of nitrogens with zero attached hydrogens (tertiary/aromatic N) is 1. The van der Waals surface area contributed by atoms with Gasteiger partial charge in [-0.2, -0.15) is 0 Å². The van der Waals surface area contributed by atoms with Crippen LogP contribution >= 0.6 is 0 Å². The van der Waals surface area contributed by atoms with Gasteiger partial charge in [0.1, 0.15) is 0 Å². The summed E-state index contributed by atoms with van der Waals surface area (Å²) in [5.74, 6) is -0.564. The van der Waals surface area contributed by atoms with Crippen LogP contribution in [0.5, 0.6) is 0 Å². The van der Waals surface area contributed by atoms with E-state index < -0.39 is 6.10 Å². The number of esters is 1. The minimum atomic E-state index is -0.573. The van der Waals surface area contributed by atoms with Crippen LogP contribution < -0.4 is 0 Å². The highest BCUT2D eigenvalue weighted by Gasteiger charge is 2.33. The van der Waals surface area contributed by atoms with Gasteiger partial charge in [-0.3, -0.25) is 14.4 Å². The molecular weight excluding hydrogens is 318 g/mol. The van der Waals surface area contributed by atoms with Crippen LogP contribution in [0.1, 0.15) is 44.1 Å². The van der Waals surface area contributed by atoms with Crippen molar-refractivity contribution in [2.75, 3.05) is 13.1 Å². The molecule has 5 heteroatoms. The third-order valence-electron chi connectivity index (χ3n) is 5.06. The molecule has 1 aromatic carbocycles. The quantitative estimate of drug-likeness (QED) is 0.788. The van der Waals surface area contributed by atoms with E-state index in [1.54, 1.807) is 4.90 Å². The van der Waals surface area contributed by atoms with Crippen LogP contribution in [-0.4, -0.2) is 41.8 Å². The second-order valence-electron chi connectivity index (χ2n) is 6.98. The molecule has 1 heterocycles. The number of amides is 1. The smallest absolute Gasteiger partial charge is 0.311 e. The number of ether oxygens (including phenoxy) is 1. The summed E-state index contributed by atoms with van der Waals surface area (Å²) >= 11 is 0. The Morgan fingerprint density at radius 1 is 1.08 bits per heavy atom. The number of hydrogen-bond acceptors (Lipinski definition) is 4. The molecule has 0 aromatic heterocycles. The first kappa shape index (κ1) is 17.6. The molecule has 1 saturated heterocycles. The van der Waals surface area contributed by atoms with E-state index in [0.717, 1.165) is 31.2 Å². The van der Waals surface area contributed by atoms with Crippen LogP contribution in [0.2, 0.25) is 0 Å². The third-order valence-corrected chi connectivity index (χ3v) is 5.06. The fourth-order valence-electron chi connectivity index (χ4n) is 3.59. The monoisotopic (exact) mass is 343 g/mol. The van der Waals surface area contributed by atoms with Crippen LogP contribution in [0.15, 0.2) is 30.3 Å². The standard InChI is InChI=1S/C20H25NO4/c22-17-10-4-5-11-18(17)25-20(24)16-9-6-12-21(14-16)19(23)13-15-7-2-1-3-8-15/h1-3,7-8,16,18H,4-6,9-14H2. The first-order valence-electron chi connectivity index (χ1n) is 9.18. The van der Waals surface area contributed by atoms with Crippen LogP contribution in [-0.2, 0) is 25.5 Å². The SMILES string of the molecule is O=C(OC1CCCCC1=O)C1CCCN(C(=O)Cc2ccccc2)C1. The van der Waals surface area contributed by atoms with Gasteiger partial charge < -0.3 is 9.64 Å². The zero-order valence-electron chi connectivity index (χ0n) is 14.5. The van der Waals surface area contributed by atoms with Gasteiger partial charge in [-0.25, -0.2) is 0 Å². The van der Waals surface area contributed by atoms with Crippen molar-refractivity contribution in [3.05, 3.63) is 35.9 Å². The molecule has 134 valence electrons. The van der Waals surface area contributed by atoms with Crippen molar-refractivity contribution in [2.24, 2.45) is 5.92 Å². The maximum atomic E-state index is 12.5. The molecule has 5 nitrogen and oxygen atoms in total. The molecule has 2 atom stereocenters. The maximum absolute atomic E-state index is 12.5. The van der Waals surface area contributed by atoms with E-state index in [2.05, 4.69) is 0 Å². The van der Waals surface area contributed by atoms with E-state index in [-0.39, 0.29) is 23.6 Å². The van der Waals surface area contributed by atoms with Crippen molar-refractivity contribution in [1.82, 2.24) is 4.90 Å². The summed E-state index contributed by atoms with van der Waals surface area (Å²) in [6.07, 6.45) is 4.24. The number of ketones is 1. The number of hydrogen-bond donors (Lipinski definition) is 0. The molecule has 0 radical (unpaired) electrons. The van der Waals surface area contributed by atoms with E-state index in [1.807, 2.05) is 30.3 Å². The molecule has 1 amide bonds. The molecule has 2 aliphatic rings. The van der Waals surface area contributed by atoms with Crippen molar-refractivity contribution in [3.63, 3.8) is 0 Å². The highest BCUT2D eigenvalue weighted by molar-refractivity contribution is 5.87. The summed E-state index contributed by atoms with van der Waals surface area (Å²) in [6.45, 7) is 1.07. The Hall–Kier alpha value is -2.17. The van der Waals surface area contributed by atoms with Crippen molar-refractivity contribution >= 4 is 17.7 Å². The molecule has 3 rings (SSSR count). The summed E-state index contributed by atoms with van der Waals surface area (Å²) in [5, 5.41) is 0. The van der Waals surface area contributed by atoms with E-state index >= 15 is 0 Å². The number of carbonyl (C=O) groups excluding carboxylic acids is 3. The van der Waals surface area contributed by atoms with Crippen molar-refractivity contribution < 1.29 is 19.1 Å². The van der Waals surface area contributed by atoms with Gasteiger partial charge in [0, 0.05) is 19.5 Å². The molecular formula is C20H25NO4. The number of benzene rings is 1. The number of carbonyl (C=O) groups is 3. The first-order valence-corrected chi connectivity index (χ1v) is 9.18.